The number of aromatic nitrogens is 1. The quantitative estimate of drug-likeness (QED) is 0.913. The summed E-state index contributed by atoms with van der Waals surface area (Å²) in [5.74, 6) is -0.633. The van der Waals surface area contributed by atoms with Crippen LogP contribution in [0.15, 0.2) is 30.3 Å². The van der Waals surface area contributed by atoms with Crippen molar-refractivity contribution in [2.75, 3.05) is 6.54 Å². The lowest BCUT2D eigenvalue weighted by molar-refractivity contribution is -0.119. The van der Waals surface area contributed by atoms with Crippen LogP contribution in [0.5, 0.6) is 0 Å². The highest BCUT2D eigenvalue weighted by Crippen LogP contribution is 2.27. The molecule has 1 saturated heterocycles. The summed E-state index contributed by atoms with van der Waals surface area (Å²) in [6.07, 6.45) is 0.531. The molecule has 2 heterocycles. The number of amides is 1. The van der Waals surface area contributed by atoms with Gasteiger partial charge in [0.2, 0.25) is 5.91 Å². The van der Waals surface area contributed by atoms with E-state index in [1.54, 1.807) is 19.9 Å². The third-order valence-corrected chi connectivity index (χ3v) is 4.27. The molecule has 1 aliphatic heterocycles. The highest BCUT2D eigenvalue weighted by molar-refractivity contribution is 5.91. The molecule has 5 nitrogen and oxygen atoms in total. The Labute approximate surface area is 134 Å². The Bertz CT molecular complexity index is 758. The minimum absolute atomic E-state index is 0.0938. The Morgan fingerprint density at radius 3 is 2.48 bits per heavy atom. The number of benzene rings is 1. The van der Waals surface area contributed by atoms with Crippen molar-refractivity contribution < 1.29 is 14.7 Å². The van der Waals surface area contributed by atoms with Gasteiger partial charge < -0.3 is 10.4 Å². The largest absolute Gasteiger partial charge is 0.478 e. The predicted molar refractivity (Wildman–Crippen MR) is 86.5 cm³/mol. The van der Waals surface area contributed by atoms with Gasteiger partial charge >= 0.3 is 5.97 Å². The van der Waals surface area contributed by atoms with Crippen molar-refractivity contribution in [1.82, 2.24) is 10.3 Å². The zero-order valence-electron chi connectivity index (χ0n) is 13.1. The molecule has 2 aromatic rings. The van der Waals surface area contributed by atoms with Gasteiger partial charge in [-0.15, -0.1) is 0 Å². The van der Waals surface area contributed by atoms with Gasteiger partial charge in [0.1, 0.15) is 0 Å². The molecule has 1 aromatic heterocycles. The van der Waals surface area contributed by atoms with Crippen LogP contribution in [-0.4, -0.2) is 28.5 Å². The number of carbonyl (C=O) groups excluding carboxylic acids is 1. The summed E-state index contributed by atoms with van der Waals surface area (Å²) in [6, 6.07) is 9.77. The van der Waals surface area contributed by atoms with Gasteiger partial charge in [0.05, 0.1) is 17.0 Å². The van der Waals surface area contributed by atoms with Crippen molar-refractivity contribution in [2.24, 2.45) is 0 Å². The van der Waals surface area contributed by atoms with Crippen molar-refractivity contribution in [2.45, 2.75) is 26.2 Å². The monoisotopic (exact) mass is 310 g/mol. The molecule has 0 radical (unpaired) electrons. The van der Waals surface area contributed by atoms with Gasteiger partial charge in [-0.05, 0) is 31.0 Å². The van der Waals surface area contributed by atoms with E-state index in [0.29, 0.717) is 24.2 Å². The third-order valence-electron chi connectivity index (χ3n) is 4.27. The van der Waals surface area contributed by atoms with Gasteiger partial charge in [-0.25, -0.2) is 4.79 Å². The smallest absolute Gasteiger partial charge is 0.337 e. The van der Waals surface area contributed by atoms with E-state index in [9.17, 15) is 14.7 Å². The molecule has 1 fully saturated rings. The number of hydrogen-bond donors (Lipinski definition) is 2. The molecule has 1 atom stereocenters. The molecule has 5 heteroatoms. The summed E-state index contributed by atoms with van der Waals surface area (Å²) in [6.45, 7) is 4.18. The number of nitrogens with one attached hydrogen (secondary N) is 1. The first-order valence-electron chi connectivity index (χ1n) is 7.54. The van der Waals surface area contributed by atoms with Crippen LogP contribution in [0.1, 0.15) is 39.5 Å². The molecule has 1 unspecified atom stereocenters. The Balaban J connectivity index is 1.90. The molecule has 0 bridgehead atoms. The second kappa shape index (κ2) is 5.83. The van der Waals surface area contributed by atoms with Crippen LogP contribution < -0.4 is 5.32 Å². The van der Waals surface area contributed by atoms with Crippen molar-refractivity contribution >= 4 is 11.9 Å². The second-order valence-electron chi connectivity index (χ2n) is 5.92. The van der Waals surface area contributed by atoms with E-state index in [2.05, 4.69) is 10.3 Å². The number of hydrogen-bond acceptors (Lipinski definition) is 3. The standard InChI is InChI=1S/C18H18N2O3/c1-10-7-15(20-11(2)17(10)18(22)23)13-5-3-12(4-6-13)14-8-16(21)19-9-14/h3-7,14H,8-9H2,1-2H3,(H,19,21)(H,22,23). The fourth-order valence-corrected chi connectivity index (χ4v) is 3.07. The van der Waals surface area contributed by atoms with Crippen LogP contribution in [0.2, 0.25) is 0 Å². The summed E-state index contributed by atoms with van der Waals surface area (Å²) >= 11 is 0. The first-order valence-corrected chi connectivity index (χ1v) is 7.54. The second-order valence-corrected chi connectivity index (χ2v) is 5.92. The van der Waals surface area contributed by atoms with Crippen LogP contribution >= 0.6 is 0 Å². The molecule has 0 saturated carbocycles. The molecule has 1 aromatic carbocycles. The Morgan fingerprint density at radius 2 is 1.96 bits per heavy atom. The van der Waals surface area contributed by atoms with Crippen molar-refractivity contribution in [3.05, 3.63) is 52.7 Å². The number of nitrogens with zero attached hydrogens (tertiary/aromatic N) is 1. The maximum Gasteiger partial charge on any atom is 0.337 e. The van der Waals surface area contributed by atoms with E-state index in [-0.39, 0.29) is 17.4 Å². The molecule has 1 amide bonds. The maximum absolute atomic E-state index is 11.3. The van der Waals surface area contributed by atoms with Crippen LogP contribution in [-0.2, 0) is 4.79 Å². The fraction of sp³-hybridized carbons (Fsp3) is 0.278. The lowest BCUT2D eigenvalue weighted by atomic mass is 9.96. The van der Waals surface area contributed by atoms with E-state index in [0.717, 1.165) is 16.8 Å². The summed E-state index contributed by atoms with van der Waals surface area (Å²) < 4.78 is 0. The van der Waals surface area contributed by atoms with Crippen LogP contribution in [0.4, 0.5) is 0 Å². The predicted octanol–water partition coefficient (Wildman–Crippen LogP) is 2.67. The maximum atomic E-state index is 11.3. The van der Waals surface area contributed by atoms with Crippen LogP contribution in [0, 0.1) is 13.8 Å². The Morgan fingerprint density at radius 1 is 1.26 bits per heavy atom. The minimum atomic E-state index is -0.951. The van der Waals surface area contributed by atoms with Gasteiger partial charge in [-0.1, -0.05) is 24.3 Å². The van der Waals surface area contributed by atoms with E-state index in [1.165, 1.54) is 0 Å². The van der Waals surface area contributed by atoms with Crippen LogP contribution in [0.3, 0.4) is 0 Å². The topological polar surface area (TPSA) is 79.3 Å². The summed E-state index contributed by atoms with van der Waals surface area (Å²) in [5, 5.41) is 12.1. The van der Waals surface area contributed by atoms with Gasteiger partial charge in [-0.3, -0.25) is 9.78 Å². The number of carboxylic acid groups (broad SMARTS) is 1. The highest BCUT2D eigenvalue weighted by atomic mass is 16.4. The lowest BCUT2D eigenvalue weighted by Crippen LogP contribution is -2.13. The molecule has 3 rings (SSSR count). The molecule has 0 aliphatic carbocycles. The number of carbonyl (C=O) groups is 2. The Hall–Kier alpha value is -2.69. The fourth-order valence-electron chi connectivity index (χ4n) is 3.07. The highest BCUT2D eigenvalue weighted by Gasteiger charge is 2.22. The molecule has 118 valence electrons. The van der Waals surface area contributed by atoms with Gasteiger partial charge in [0.25, 0.3) is 0 Å². The normalized spacial score (nSPS) is 17.1. The molecule has 23 heavy (non-hydrogen) atoms. The van der Waals surface area contributed by atoms with E-state index < -0.39 is 5.97 Å². The van der Waals surface area contributed by atoms with Gasteiger partial charge in [-0.2, -0.15) is 0 Å². The Kier molecular flexibility index (Phi) is 3.86. The number of rotatable bonds is 3. The minimum Gasteiger partial charge on any atom is -0.478 e. The summed E-state index contributed by atoms with van der Waals surface area (Å²) in [5.41, 5.74) is 4.31. The first kappa shape index (κ1) is 15.2. The van der Waals surface area contributed by atoms with Crippen molar-refractivity contribution in [1.29, 1.82) is 0 Å². The SMILES string of the molecule is Cc1cc(-c2ccc(C3CNC(=O)C3)cc2)nc(C)c1C(=O)O. The zero-order chi connectivity index (χ0) is 16.6. The number of pyridine rings is 1. The van der Waals surface area contributed by atoms with Crippen molar-refractivity contribution in [3.8, 4) is 11.3 Å². The summed E-state index contributed by atoms with van der Waals surface area (Å²) in [4.78, 5) is 27.0. The summed E-state index contributed by atoms with van der Waals surface area (Å²) in [7, 11) is 0. The van der Waals surface area contributed by atoms with Crippen LogP contribution in [0.25, 0.3) is 11.3 Å². The molecule has 0 spiro atoms. The van der Waals surface area contributed by atoms with Gasteiger partial charge in [0.15, 0.2) is 0 Å². The number of carboxylic acids is 1. The third kappa shape index (κ3) is 2.95. The van der Waals surface area contributed by atoms with E-state index >= 15 is 0 Å². The molecular formula is C18H18N2O3. The number of aryl methyl sites for hydroxylation is 2. The van der Waals surface area contributed by atoms with Gasteiger partial charge in [0, 0.05) is 24.4 Å². The van der Waals surface area contributed by atoms with E-state index in [1.807, 2.05) is 24.3 Å². The van der Waals surface area contributed by atoms with Crippen molar-refractivity contribution in [3.63, 3.8) is 0 Å². The molecular weight excluding hydrogens is 292 g/mol. The first-order chi connectivity index (χ1) is 11.0. The lowest BCUT2D eigenvalue weighted by Gasteiger charge is -2.11. The van der Waals surface area contributed by atoms with E-state index in [4.69, 9.17) is 0 Å². The average molecular weight is 310 g/mol. The number of aromatic carboxylic acids is 1. The zero-order valence-corrected chi connectivity index (χ0v) is 13.1. The average Bonchev–Trinajstić information content (AvgIpc) is 2.93. The molecule has 1 aliphatic rings. The molecule has 2 N–H and O–H groups in total.